The van der Waals surface area contributed by atoms with Crippen molar-refractivity contribution in [3.63, 3.8) is 0 Å². The fourth-order valence-electron chi connectivity index (χ4n) is 1.67. The minimum atomic E-state index is -4.34. The van der Waals surface area contributed by atoms with Crippen molar-refractivity contribution in [2.45, 2.75) is 4.90 Å². The quantitative estimate of drug-likeness (QED) is 0.478. The number of rotatable bonds is 5. The lowest BCUT2D eigenvalue weighted by Crippen LogP contribution is -2.12. The number of para-hydroxylation sites is 3. The van der Waals surface area contributed by atoms with Gasteiger partial charge in [0, 0.05) is 6.07 Å². The molecule has 0 aliphatic carbocycles. The Hall–Kier alpha value is -2.61. The fourth-order valence-corrected chi connectivity index (χ4v) is 2.78. The van der Waals surface area contributed by atoms with E-state index in [1.165, 1.54) is 31.4 Å². The standard InChI is InChI=1S/C13H11NO6S/c1-19-11-7-3-4-8-12(11)20-21(17,18)13-9-5-2-6-10(13)14(15)16/h2-9H,1H3. The number of nitro benzene ring substituents is 1. The van der Waals surface area contributed by atoms with Gasteiger partial charge in [0.05, 0.1) is 12.0 Å². The summed E-state index contributed by atoms with van der Waals surface area (Å²) in [5.74, 6) is 0.165. The maximum atomic E-state index is 12.2. The zero-order valence-corrected chi connectivity index (χ0v) is 11.7. The first-order valence-corrected chi connectivity index (χ1v) is 7.17. The number of hydrogen-bond acceptors (Lipinski definition) is 6. The number of nitrogens with zero attached hydrogens (tertiary/aromatic N) is 1. The number of methoxy groups -OCH3 is 1. The van der Waals surface area contributed by atoms with Gasteiger partial charge in [-0.15, -0.1) is 0 Å². The Balaban J connectivity index is 2.46. The molecule has 2 aromatic carbocycles. The largest absolute Gasteiger partial charge is 0.493 e. The van der Waals surface area contributed by atoms with Crippen molar-refractivity contribution in [2.24, 2.45) is 0 Å². The molecule has 0 atom stereocenters. The van der Waals surface area contributed by atoms with Crippen LogP contribution in [0.15, 0.2) is 53.4 Å². The van der Waals surface area contributed by atoms with Gasteiger partial charge in [0.2, 0.25) is 0 Å². The Kier molecular flexibility index (Phi) is 4.08. The van der Waals surface area contributed by atoms with Gasteiger partial charge >= 0.3 is 10.1 Å². The molecule has 0 aromatic heterocycles. The Bertz CT molecular complexity index is 772. The molecule has 0 aliphatic rings. The normalized spacial score (nSPS) is 10.9. The highest BCUT2D eigenvalue weighted by Gasteiger charge is 2.27. The van der Waals surface area contributed by atoms with Gasteiger partial charge in [-0.2, -0.15) is 8.42 Å². The predicted octanol–water partition coefficient (Wildman–Crippen LogP) is 2.37. The van der Waals surface area contributed by atoms with E-state index in [0.29, 0.717) is 0 Å². The highest BCUT2D eigenvalue weighted by atomic mass is 32.2. The molecule has 0 bridgehead atoms. The third-order valence-electron chi connectivity index (χ3n) is 2.60. The minimum Gasteiger partial charge on any atom is -0.493 e. The van der Waals surface area contributed by atoms with Crippen LogP contribution in [0, 0.1) is 10.1 Å². The van der Waals surface area contributed by atoms with Crippen LogP contribution in [-0.4, -0.2) is 20.5 Å². The minimum absolute atomic E-state index is 0.0434. The highest BCUT2D eigenvalue weighted by molar-refractivity contribution is 7.87. The molecule has 8 heteroatoms. The van der Waals surface area contributed by atoms with E-state index in [1.807, 2.05) is 0 Å². The molecule has 2 rings (SSSR count). The summed E-state index contributed by atoms with van der Waals surface area (Å²) in [4.78, 5) is 9.61. The first kappa shape index (κ1) is 14.8. The van der Waals surface area contributed by atoms with Crippen LogP contribution in [0.3, 0.4) is 0 Å². The third kappa shape index (κ3) is 3.11. The van der Waals surface area contributed by atoms with E-state index in [9.17, 15) is 18.5 Å². The summed E-state index contributed by atoms with van der Waals surface area (Å²) >= 11 is 0. The lowest BCUT2D eigenvalue weighted by molar-refractivity contribution is -0.387. The summed E-state index contributed by atoms with van der Waals surface area (Å²) in [6.45, 7) is 0. The topological polar surface area (TPSA) is 95.7 Å². The summed E-state index contributed by atoms with van der Waals surface area (Å²) in [7, 11) is -2.98. The summed E-state index contributed by atoms with van der Waals surface area (Å²) in [6.07, 6.45) is 0. The lowest BCUT2D eigenvalue weighted by atomic mass is 10.3. The van der Waals surface area contributed by atoms with E-state index in [4.69, 9.17) is 8.92 Å². The van der Waals surface area contributed by atoms with E-state index in [0.717, 1.165) is 12.1 Å². The molecule has 7 nitrogen and oxygen atoms in total. The highest BCUT2D eigenvalue weighted by Crippen LogP contribution is 2.31. The molecule has 0 saturated heterocycles. The summed E-state index contributed by atoms with van der Waals surface area (Å²) in [6, 6.07) is 11.1. The zero-order valence-electron chi connectivity index (χ0n) is 10.9. The molecule has 2 aromatic rings. The van der Waals surface area contributed by atoms with Crippen LogP contribution < -0.4 is 8.92 Å². The van der Waals surface area contributed by atoms with Crippen molar-refractivity contribution in [1.29, 1.82) is 0 Å². The molecule has 0 unspecified atom stereocenters. The van der Waals surface area contributed by atoms with Gasteiger partial charge in [-0.05, 0) is 18.2 Å². The molecule has 110 valence electrons. The van der Waals surface area contributed by atoms with E-state index in [-0.39, 0.29) is 11.5 Å². The number of ether oxygens (including phenoxy) is 1. The van der Waals surface area contributed by atoms with Gasteiger partial charge in [0.15, 0.2) is 16.4 Å². The number of nitro groups is 1. The maximum absolute atomic E-state index is 12.2. The van der Waals surface area contributed by atoms with Crippen LogP contribution >= 0.6 is 0 Å². The van der Waals surface area contributed by atoms with Crippen LogP contribution in [0.1, 0.15) is 0 Å². The Morgan fingerprint density at radius 3 is 2.19 bits per heavy atom. The molecule has 0 radical (unpaired) electrons. The molecule has 0 fully saturated rings. The lowest BCUT2D eigenvalue weighted by Gasteiger charge is -2.10. The van der Waals surface area contributed by atoms with Gasteiger partial charge in [-0.3, -0.25) is 10.1 Å². The second kappa shape index (κ2) is 5.80. The molecule has 0 saturated carbocycles. The van der Waals surface area contributed by atoms with Crippen molar-refractivity contribution in [1.82, 2.24) is 0 Å². The fraction of sp³-hybridized carbons (Fsp3) is 0.0769. The molecule has 0 heterocycles. The monoisotopic (exact) mass is 309 g/mol. The van der Waals surface area contributed by atoms with E-state index < -0.39 is 25.6 Å². The van der Waals surface area contributed by atoms with Gasteiger partial charge < -0.3 is 8.92 Å². The molecule has 0 spiro atoms. The van der Waals surface area contributed by atoms with Gasteiger partial charge in [0.1, 0.15) is 0 Å². The van der Waals surface area contributed by atoms with Crippen molar-refractivity contribution >= 4 is 15.8 Å². The average Bonchev–Trinajstić information content (AvgIpc) is 2.47. The summed E-state index contributed by atoms with van der Waals surface area (Å²) < 4.78 is 34.4. The van der Waals surface area contributed by atoms with E-state index in [1.54, 1.807) is 12.1 Å². The van der Waals surface area contributed by atoms with Crippen molar-refractivity contribution < 1.29 is 22.3 Å². The second-order valence-corrected chi connectivity index (χ2v) is 5.43. The van der Waals surface area contributed by atoms with Gasteiger partial charge in [-0.1, -0.05) is 24.3 Å². The SMILES string of the molecule is COc1ccccc1OS(=O)(=O)c1ccccc1[N+](=O)[O-]. The Morgan fingerprint density at radius 2 is 1.57 bits per heavy atom. The van der Waals surface area contributed by atoms with Crippen molar-refractivity contribution in [3.05, 3.63) is 58.6 Å². The third-order valence-corrected chi connectivity index (χ3v) is 3.88. The Labute approximate surface area is 121 Å². The maximum Gasteiger partial charge on any atom is 0.346 e. The molecular weight excluding hydrogens is 298 g/mol. The molecule has 21 heavy (non-hydrogen) atoms. The van der Waals surface area contributed by atoms with E-state index >= 15 is 0 Å². The van der Waals surface area contributed by atoms with Crippen LogP contribution in [0.2, 0.25) is 0 Å². The molecule has 0 aliphatic heterocycles. The first-order valence-electron chi connectivity index (χ1n) is 5.76. The summed E-state index contributed by atoms with van der Waals surface area (Å²) in [5.41, 5.74) is -0.549. The first-order chi connectivity index (χ1) is 9.95. The zero-order chi connectivity index (χ0) is 15.5. The average molecular weight is 309 g/mol. The van der Waals surface area contributed by atoms with Gasteiger partial charge in [-0.25, -0.2) is 0 Å². The van der Waals surface area contributed by atoms with Crippen LogP contribution in [0.5, 0.6) is 11.5 Å². The Morgan fingerprint density at radius 1 is 1.00 bits per heavy atom. The summed E-state index contributed by atoms with van der Waals surface area (Å²) in [5, 5.41) is 10.9. The van der Waals surface area contributed by atoms with Gasteiger partial charge in [0.25, 0.3) is 5.69 Å². The van der Waals surface area contributed by atoms with Crippen LogP contribution in [-0.2, 0) is 10.1 Å². The van der Waals surface area contributed by atoms with E-state index in [2.05, 4.69) is 0 Å². The second-order valence-electron chi connectivity index (χ2n) is 3.91. The molecular formula is C13H11NO6S. The van der Waals surface area contributed by atoms with Crippen LogP contribution in [0.4, 0.5) is 5.69 Å². The van der Waals surface area contributed by atoms with Crippen molar-refractivity contribution in [3.8, 4) is 11.5 Å². The molecule has 0 amide bonds. The predicted molar refractivity (Wildman–Crippen MR) is 73.9 cm³/mol. The smallest absolute Gasteiger partial charge is 0.346 e. The number of hydrogen-bond donors (Lipinski definition) is 0. The number of benzene rings is 2. The molecule has 0 N–H and O–H groups in total. The van der Waals surface area contributed by atoms with Crippen molar-refractivity contribution in [2.75, 3.05) is 7.11 Å². The van der Waals surface area contributed by atoms with Crippen LogP contribution in [0.25, 0.3) is 0 Å².